The van der Waals surface area contributed by atoms with E-state index in [1.165, 1.54) is 0 Å². The number of nitrogens with zero attached hydrogens (tertiary/aromatic N) is 2. The second kappa shape index (κ2) is 7.26. The first-order chi connectivity index (χ1) is 12.8. The molecular formula is C18H16F3N3O3. The maximum atomic E-state index is 12.8. The van der Waals surface area contributed by atoms with E-state index in [9.17, 15) is 27.6 Å². The molecule has 1 aliphatic rings. The summed E-state index contributed by atoms with van der Waals surface area (Å²) in [6, 6.07) is 8.09. The van der Waals surface area contributed by atoms with Crippen molar-refractivity contribution in [1.82, 2.24) is 4.57 Å². The summed E-state index contributed by atoms with van der Waals surface area (Å²) in [4.78, 5) is 37.5. The van der Waals surface area contributed by atoms with Gasteiger partial charge in [-0.2, -0.15) is 13.2 Å². The maximum Gasteiger partial charge on any atom is 0.417 e. The van der Waals surface area contributed by atoms with Crippen molar-refractivity contribution in [2.75, 3.05) is 16.8 Å². The first kappa shape index (κ1) is 18.7. The molecule has 0 unspecified atom stereocenters. The van der Waals surface area contributed by atoms with E-state index in [4.69, 9.17) is 0 Å². The van der Waals surface area contributed by atoms with E-state index >= 15 is 0 Å². The smallest absolute Gasteiger partial charge is 0.323 e. The number of pyridine rings is 1. The van der Waals surface area contributed by atoms with Crippen molar-refractivity contribution in [3.8, 4) is 0 Å². The van der Waals surface area contributed by atoms with E-state index in [1.807, 2.05) is 0 Å². The summed E-state index contributed by atoms with van der Waals surface area (Å²) in [7, 11) is 0. The zero-order chi connectivity index (χ0) is 19.6. The molecule has 1 aromatic carbocycles. The fraction of sp³-hybridized carbons (Fsp3) is 0.278. The lowest BCUT2D eigenvalue weighted by Crippen LogP contribution is -2.29. The van der Waals surface area contributed by atoms with Crippen molar-refractivity contribution in [2.45, 2.75) is 25.6 Å². The molecule has 0 saturated carbocycles. The predicted molar refractivity (Wildman–Crippen MR) is 92.4 cm³/mol. The Labute approximate surface area is 152 Å². The van der Waals surface area contributed by atoms with Gasteiger partial charge in [0.25, 0.3) is 5.56 Å². The van der Waals surface area contributed by atoms with Crippen LogP contribution in [-0.4, -0.2) is 22.9 Å². The van der Waals surface area contributed by atoms with E-state index in [2.05, 4.69) is 5.32 Å². The SMILES string of the molecule is O=C(Cn1cc(C(F)(F)F)ccc1=O)Nc1ccccc1N1CCCC1=O. The number of carbonyl (C=O) groups is 2. The zero-order valence-corrected chi connectivity index (χ0v) is 14.1. The fourth-order valence-corrected chi connectivity index (χ4v) is 2.88. The number of carbonyl (C=O) groups excluding carboxylic acids is 2. The molecule has 0 aliphatic carbocycles. The Morgan fingerprint density at radius 2 is 1.85 bits per heavy atom. The van der Waals surface area contributed by atoms with Crippen LogP contribution >= 0.6 is 0 Å². The number of amides is 2. The third-order valence-electron chi connectivity index (χ3n) is 4.17. The summed E-state index contributed by atoms with van der Waals surface area (Å²) in [6.45, 7) is -0.0517. The van der Waals surface area contributed by atoms with Crippen LogP contribution in [0.3, 0.4) is 0 Å². The monoisotopic (exact) mass is 379 g/mol. The number of rotatable bonds is 4. The number of nitrogens with one attached hydrogen (secondary N) is 1. The summed E-state index contributed by atoms with van der Waals surface area (Å²) in [6.07, 6.45) is -2.88. The van der Waals surface area contributed by atoms with Crippen LogP contribution in [0.5, 0.6) is 0 Å². The number of hydrogen-bond donors (Lipinski definition) is 1. The summed E-state index contributed by atoms with van der Waals surface area (Å²) >= 11 is 0. The largest absolute Gasteiger partial charge is 0.417 e. The van der Waals surface area contributed by atoms with Crippen LogP contribution in [0, 0.1) is 0 Å². The highest BCUT2D eigenvalue weighted by Gasteiger charge is 2.31. The van der Waals surface area contributed by atoms with Gasteiger partial charge in [-0.3, -0.25) is 14.4 Å². The lowest BCUT2D eigenvalue weighted by Gasteiger charge is -2.20. The van der Waals surface area contributed by atoms with Crippen LogP contribution in [0.2, 0.25) is 0 Å². The van der Waals surface area contributed by atoms with Gasteiger partial charge in [-0.15, -0.1) is 0 Å². The van der Waals surface area contributed by atoms with Gasteiger partial charge >= 0.3 is 6.18 Å². The van der Waals surface area contributed by atoms with Crippen LogP contribution < -0.4 is 15.8 Å². The standard InChI is InChI=1S/C18H16F3N3O3/c19-18(20,21)12-7-8-16(26)23(10-12)11-15(25)22-13-4-1-2-5-14(13)24-9-3-6-17(24)27/h1-2,4-5,7-8,10H,3,6,9,11H2,(H,22,25). The van der Waals surface area contributed by atoms with Crippen molar-refractivity contribution in [3.05, 3.63) is 58.5 Å². The number of alkyl halides is 3. The van der Waals surface area contributed by atoms with Crippen molar-refractivity contribution < 1.29 is 22.8 Å². The second-order valence-electron chi connectivity index (χ2n) is 6.10. The molecule has 6 nitrogen and oxygen atoms in total. The molecule has 0 spiro atoms. The molecule has 1 N–H and O–H groups in total. The highest BCUT2D eigenvalue weighted by Crippen LogP contribution is 2.30. The Morgan fingerprint density at radius 3 is 2.52 bits per heavy atom. The highest BCUT2D eigenvalue weighted by molar-refractivity contribution is 6.02. The number of aromatic nitrogens is 1. The second-order valence-corrected chi connectivity index (χ2v) is 6.10. The van der Waals surface area contributed by atoms with Crippen LogP contribution in [0.25, 0.3) is 0 Å². The van der Waals surface area contributed by atoms with Crippen molar-refractivity contribution in [1.29, 1.82) is 0 Å². The van der Waals surface area contributed by atoms with E-state index < -0.39 is 29.8 Å². The van der Waals surface area contributed by atoms with Gasteiger partial charge in [-0.05, 0) is 24.6 Å². The molecule has 1 aromatic heterocycles. The van der Waals surface area contributed by atoms with Gasteiger partial charge in [-0.1, -0.05) is 12.1 Å². The minimum absolute atomic E-state index is 0.0641. The Morgan fingerprint density at radius 1 is 1.11 bits per heavy atom. The number of para-hydroxylation sites is 2. The van der Waals surface area contributed by atoms with Crippen LogP contribution in [-0.2, 0) is 22.3 Å². The lowest BCUT2D eigenvalue weighted by molar-refractivity contribution is -0.138. The normalized spacial score (nSPS) is 14.5. The van der Waals surface area contributed by atoms with E-state index in [0.717, 1.165) is 6.07 Å². The highest BCUT2D eigenvalue weighted by atomic mass is 19.4. The topological polar surface area (TPSA) is 71.4 Å². The van der Waals surface area contributed by atoms with Gasteiger partial charge in [-0.25, -0.2) is 0 Å². The molecular weight excluding hydrogens is 363 g/mol. The summed E-state index contributed by atoms with van der Waals surface area (Å²) in [5.74, 6) is -0.735. The van der Waals surface area contributed by atoms with E-state index in [0.29, 0.717) is 47.6 Å². The summed E-state index contributed by atoms with van der Waals surface area (Å²) in [5.41, 5.74) is -0.860. The predicted octanol–water partition coefficient (Wildman–Crippen LogP) is 2.63. The Hall–Kier alpha value is -3.10. The van der Waals surface area contributed by atoms with Gasteiger partial charge in [0.05, 0.1) is 16.9 Å². The van der Waals surface area contributed by atoms with Crippen molar-refractivity contribution in [3.63, 3.8) is 0 Å². The molecule has 2 heterocycles. The zero-order valence-electron chi connectivity index (χ0n) is 14.1. The Balaban J connectivity index is 1.80. The Kier molecular flexibility index (Phi) is 5.02. The third-order valence-corrected chi connectivity index (χ3v) is 4.17. The first-order valence-electron chi connectivity index (χ1n) is 8.22. The lowest BCUT2D eigenvalue weighted by atomic mass is 10.2. The minimum Gasteiger partial charge on any atom is -0.323 e. The van der Waals surface area contributed by atoms with Gasteiger partial charge in [0.1, 0.15) is 6.54 Å². The average molecular weight is 379 g/mol. The first-order valence-corrected chi connectivity index (χ1v) is 8.22. The molecule has 142 valence electrons. The molecule has 2 amide bonds. The Bertz CT molecular complexity index is 937. The molecule has 0 atom stereocenters. The maximum absolute atomic E-state index is 12.8. The number of halogens is 3. The third kappa shape index (κ3) is 4.18. The minimum atomic E-state index is -4.62. The van der Waals surface area contributed by atoms with Gasteiger partial charge in [0, 0.05) is 25.2 Å². The van der Waals surface area contributed by atoms with E-state index in [1.54, 1.807) is 29.2 Å². The molecule has 0 radical (unpaired) electrons. The molecule has 9 heteroatoms. The molecule has 3 rings (SSSR count). The number of hydrogen-bond acceptors (Lipinski definition) is 3. The van der Waals surface area contributed by atoms with Crippen LogP contribution in [0.1, 0.15) is 18.4 Å². The summed E-state index contributed by atoms with van der Waals surface area (Å²) < 4.78 is 39.1. The van der Waals surface area contributed by atoms with Gasteiger partial charge < -0.3 is 14.8 Å². The van der Waals surface area contributed by atoms with Crippen LogP contribution in [0.4, 0.5) is 24.5 Å². The average Bonchev–Trinajstić information content (AvgIpc) is 3.02. The quantitative estimate of drug-likeness (QED) is 0.888. The molecule has 27 heavy (non-hydrogen) atoms. The summed E-state index contributed by atoms with van der Waals surface area (Å²) in [5, 5.41) is 2.57. The number of anilines is 2. The molecule has 1 saturated heterocycles. The van der Waals surface area contributed by atoms with Gasteiger partial charge in [0.15, 0.2) is 0 Å². The van der Waals surface area contributed by atoms with Crippen LogP contribution in [0.15, 0.2) is 47.4 Å². The van der Waals surface area contributed by atoms with Crippen molar-refractivity contribution in [2.24, 2.45) is 0 Å². The van der Waals surface area contributed by atoms with E-state index in [-0.39, 0.29) is 5.91 Å². The number of benzene rings is 1. The molecule has 1 aliphatic heterocycles. The molecule has 0 bridgehead atoms. The molecule has 2 aromatic rings. The van der Waals surface area contributed by atoms with Gasteiger partial charge in [0.2, 0.25) is 11.8 Å². The molecule has 1 fully saturated rings. The fourth-order valence-electron chi connectivity index (χ4n) is 2.88. The van der Waals surface area contributed by atoms with Crippen molar-refractivity contribution >= 4 is 23.2 Å².